The predicted molar refractivity (Wildman–Crippen MR) is 82.8 cm³/mol. The zero-order chi connectivity index (χ0) is 15.0. The van der Waals surface area contributed by atoms with E-state index in [1.807, 2.05) is 0 Å². The number of anilines is 2. The molecule has 0 radical (unpaired) electrons. The second kappa shape index (κ2) is 5.37. The molecule has 0 aliphatic carbocycles. The van der Waals surface area contributed by atoms with Crippen LogP contribution in [-0.2, 0) is 6.42 Å². The van der Waals surface area contributed by atoms with Crippen LogP contribution in [0.3, 0.4) is 0 Å². The average Bonchev–Trinajstić information content (AvgIpc) is 2.89. The highest BCUT2D eigenvalue weighted by molar-refractivity contribution is 6.31. The Hall–Kier alpha value is -2.07. The van der Waals surface area contributed by atoms with Crippen molar-refractivity contribution in [2.75, 3.05) is 23.8 Å². The van der Waals surface area contributed by atoms with Crippen molar-refractivity contribution in [2.45, 2.75) is 6.42 Å². The zero-order valence-electron chi connectivity index (χ0n) is 11.5. The highest BCUT2D eigenvalue weighted by Crippen LogP contribution is 2.32. The van der Waals surface area contributed by atoms with Crippen molar-refractivity contribution in [3.05, 3.63) is 58.4 Å². The fourth-order valence-corrected chi connectivity index (χ4v) is 2.79. The van der Waals surface area contributed by atoms with Gasteiger partial charge in [0, 0.05) is 24.3 Å². The molecular weight excluding hydrogens is 291 g/mol. The number of hydrogen-bond donors (Lipinski definition) is 1. The third-order valence-electron chi connectivity index (χ3n) is 3.67. The number of fused-ring (bicyclic) bond motifs is 1. The lowest BCUT2D eigenvalue weighted by molar-refractivity contribution is 0.0990. The summed E-state index contributed by atoms with van der Waals surface area (Å²) in [6, 6.07) is 9.68. The quantitative estimate of drug-likeness (QED) is 0.917. The van der Waals surface area contributed by atoms with E-state index in [1.54, 1.807) is 36.2 Å². The van der Waals surface area contributed by atoms with Crippen LogP contribution in [-0.4, -0.2) is 19.5 Å². The Morgan fingerprint density at radius 2 is 2.10 bits per heavy atom. The molecule has 0 spiro atoms. The summed E-state index contributed by atoms with van der Waals surface area (Å²) in [4.78, 5) is 14.4. The van der Waals surface area contributed by atoms with Crippen molar-refractivity contribution in [1.82, 2.24) is 0 Å². The van der Waals surface area contributed by atoms with E-state index >= 15 is 0 Å². The number of rotatable bonds is 2. The van der Waals surface area contributed by atoms with E-state index in [4.69, 9.17) is 11.6 Å². The Morgan fingerprint density at radius 1 is 1.29 bits per heavy atom. The molecule has 1 aliphatic rings. The third-order valence-corrected chi connectivity index (χ3v) is 3.90. The first-order chi connectivity index (χ1) is 10.1. The lowest BCUT2D eigenvalue weighted by Crippen LogP contribution is -2.29. The van der Waals surface area contributed by atoms with Crippen molar-refractivity contribution in [2.24, 2.45) is 0 Å². The maximum Gasteiger partial charge on any atom is 0.260 e. The lowest BCUT2D eigenvalue weighted by atomic mass is 10.1. The van der Waals surface area contributed by atoms with Crippen molar-refractivity contribution < 1.29 is 9.18 Å². The Balaban J connectivity index is 2.02. The van der Waals surface area contributed by atoms with Gasteiger partial charge in [-0.25, -0.2) is 4.39 Å². The number of amides is 1. The van der Waals surface area contributed by atoms with Crippen LogP contribution < -0.4 is 10.2 Å². The summed E-state index contributed by atoms with van der Waals surface area (Å²) in [6.45, 7) is 0.549. The molecule has 1 heterocycles. The van der Waals surface area contributed by atoms with Crippen LogP contribution in [0.2, 0.25) is 5.02 Å². The molecule has 5 heteroatoms. The van der Waals surface area contributed by atoms with E-state index in [9.17, 15) is 9.18 Å². The minimum absolute atomic E-state index is 0.175. The molecule has 0 aromatic heterocycles. The van der Waals surface area contributed by atoms with Crippen LogP contribution in [0.4, 0.5) is 15.8 Å². The van der Waals surface area contributed by atoms with Gasteiger partial charge in [0.25, 0.3) is 5.91 Å². The van der Waals surface area contributed by atoms with Crippen LogP contribution in [0.15, 0.2) is 36.4 Å². The first kappa shape index (κ1) is 13.9. The standard InChI is InChI=1S/C16H14ClFN2O/c1-19-14-5-3-11(17)8-13(14)16(21)20-7-6-10-2-4-12(18)9-15(10)20/h2-5,8-9,19H,6-7H2,1H3. The fraction of sp³-hybridized carbons (Fsp3) is 0.188. The van der Waals surface area contributed by atoms with Crippen LogP contribution >= 0.6 is 11.6 Å². The maximum atomic E-state index is 13.4. The smallest absolute Gasteiger partial charge is 0.260 e. The zero-order valence-corrected chi connectivity index (χ0v) is 12.2. The van der Waals surface area contributed by atoms with Crippen LogP contribution in [0.25, 0.3) is 0 Å². The van der Waals surface area contributed by atoms with Crippen molar-refractivity contribution in [3.63, 3.8) is 0 Å². The topological polar surface area (TPSA) is 32.3 Å². The molecule has 1 N–H and O–H groups in total. The van der Waals surface area contributed by atoms with Gasteiger partial charge in [0.2, 0.25) is 0 Å². The molecular formula is C16H14ClFN2O. The van der Waals surface area contributed by atoms with Gasteiger partial charge in [0.15, 0.2) is 0 Å². The molecule has 0 fully saturated rings. The van der Waals surface area contributed by atoms with E-state index in [0.717, 1.165) is 12.0 Å². The Bertz CT molecular complexity index is 717. The number of hydrogen-bond acceptors (Lipinski definition) is 2. The summed E-state index contributed by atoms with van der Waals surface area (Å²) in [6.07, 6.45) is 0.733. The highest BCUT2D eigenvalue weighted by atomic mass is 35.5. The molecule has 0 bridgehead atoms. The van der Waals surface area contributed by atoms with Gasteiger partial charge in [-0.15, -0.1) is 0 Å². The molecule has 0 saturated heterocycles. The largest absolute Gasteiger partial charge is 0.387 e. The summed E-state index contributed by atoms with van der Waals surface area (Å²) in [5.41, 5.74) is 2.82. The van der Waals surface area contributed by atoms with Crippen molar-refractivity contribution in [1.29, 1.82) is 0 Å². The van der Waals surface area contributed by atoms with E-state index in [1.165, 1.54) is 12.1 Å². The second-order valence-electron chi connectivity index (χ2n) is 4.92. The third kappa shape index (κ3) is 2.47. The molecule has 1 aliphatic heterocycles. The Kier molecular flexibility index (Phi) is 3.55. The number of halogens is 2. The number of nitrogens with one attached hydrogen (secondary N) is 1. The van der Waals surface area contributed by atoms with Crippen molar-refractivity contribution >= 4 is 28.9 Å². The maximum absolute atomic E-state index is 13.4. The Labute approximate surface area is 127 Å². The molecule has 0 atom stereocenters. The van der Waals surface area contributed by atoms with Gasteiger partial charge in [-0.3, -0.25) is 4.79 Å². The number of benzene rings is 2. The average molecular weight is 305 g/mol. The first-order valence-corrected chi connectivity index (χ1v) is 7.05. The molecule has 21 heavy (non-hydrogen) atoms. The predicted octanol–water partition coefficient (Wildman–Crippen LogP) is 3.72. The number of nitrogens with zero attached hydrogens (tertiary/aromatic N) is 1. The molecule has 2 aromatic carbocycles. The molecule has 108 valence electrons. The summed E-state index contributed by atoms with van der Waals surface area (Å²) in [5, 5.41) is 3.48. The van der Waals surface area contributed by atoms with Gasteiger partial charge in [0.1, 0.15) is 5.82 Å². The van der Waals surface area contributed by atoms with Gasteiger partial charge >= 0.3 is 0 Å². The van der Waals surface area contributed by atoms with Crippen LogP contribution in [0.1, 0.15) is 15.9 Å². The summed E-state index contributed by atoms with van der Waals surface area (Å²) in [5.74, 6) is -0.514. The second-order valence-corrected chi connectivity index (χ2v) is 5.36. The SMILES string of the molecule is CNc1ccc(Cl)cc1C(=O)N1CCc2ccc(F)cc21. The van der Waals surface area contributed by atoms with E-state index in [0.29, 0.717) is 28.5 Å². The summed E-state index contributed by atoms with van der Waals surface area (Å²) >= 11 is 5.99. The Morgan fingerprint density at radius 3 is 2.86 bits per heavy atom. The van der Waals surface area contributed by atoms with Gasteiger partial charge in [-0.2, -0.15) is 0 Å². The lowest BCUT2D eigenvalue weighted by Gasteiger charge is -2.19. The number of carbonyl (C=O) groups excluding carboxylic acids is 1. The fourth-order valence-electron chi connectivity index (χ4n) is 2.62. The number of carbonyl (C=O) groups is 1. The van der Waals surface area contributed by atoms with Crippen molar-refractivity contribution in [3.8, 4) is 0 Å². The first-order valence-electron chi connectivity index (χ1n) is 6.68. The molecule has 3 rings (SSSR count). The molecule has 2 aromatic rings. The van der Waals surface area contributed by atoms with E-state index in [2.05, 4.69) is 5.32 Å². The molecule has 0 unspecified atom stereocenters. The van der Waals surface area contributed by atoms with E-state index in [-0.39, 0.29) is 11.7 Å². The van der Waals surface area contributed by atoms with Gasteiger partial charge in [0.05, 0.1) is 11.3 Å². The molecule has 0 saturated carbocycles. The normalized spacial score (nSPS) is 13.2. The summed E-state index contributed by atoms with van der Waals surface area (Å²) < 4.78 is 13.4. The minimum atomic E-state index is -0.339. The van der Waals surface area contributed by atoms with Gasteiger partial charge in [-0.05, 0) is 42.3 Å². The minimum Gasteiger partial charge on any atom is -0.387 e. The molecule has 1 amide bonds. The monoisotopic (exact) mass is 304 g/mol. The van der Waals surface area contributed by atoms with Crippen LogP contribution in [0, 0.1) is 5.82 Å². The van der Waals surface area contributed by atoms with Gasteiger partial charge < -0.3 is 10.2 Å². The van der Waals surface area contributed by atoms with Gasteiger partial charge in [-0.1, -0.05) is 17.7 Å². The van der Waals surface area contributed by atoms with E-state index < -0.39 is 0 Å². The van der Waals surface area contributed by atoms with Crippen LogP contribution in [0.5, 0.6) is 0 Å². The molecule has 3 nitrogen and oxygen atoms in total. The summed E-state index contributed by atoms with van der Waals surface area (Å²) in [7, 11) is 1.75. The highest BCUT2D eigenvalue weighted by Gasteiger charge is 2.27.